The molecule has 3 N–H and O–H groups in total. The summed E-state index contributed by atoms with van der Waals surface area (Å²) in [7, 11) is 9.55. The fourth-order valence-electron chi connectivity index (χ4n) is 7.60. The lowest BCUT2D eigenvalue weighted by molar-refractivity contribution is -0.110. The third-order valence-corrected chi connectivity index (χ3v) is 11.7. The number of benzene rings is 1. The first-order valence-corrected chi connectivity index (χ1v) is 21.7. The molecule has 2 aliphatic heterocycles. The number of rotatable bonds is 22. The van der Waals surface area contributed by atoms with Gasteiger partial charge in [-0.3, -0.25) is 15.2 Å². The summed E-state index contributed by atoms with van der Waals surface area (Å²) in [5.41, 5.74) is 4.82. The normalized spacial score (nSPS) is 16.3. The molecular formula is C42H67N13O4S. The number of aromatic amines is 1. The van der Waals surface area contributed by atoms with Gasteiger partial charge in [0.1, 0.15) is 24.6 Å². The monoisotopic (exact) mass is 850 g/mol. The van der Waals surface area contributed by atoms with Crippen LogP contribution in [0.3, 0.4) is 0 Å². The van der Waals surface area contributed by atoms with Crippen LogP contribution < -0.4 is 30.7 Å². The van der Waals surface area contributed by atoms with Gasteiger partial charge in [-0.25, -0.2) is 23.3 Å². The maximum Gasteiger partial charge on any atom is 0.213 e. The Hall–Kier alpha value is -4.46. The molecule has 0 radical (unpaired) electrons. The van der Waals surface area contributed by atoms with Crippen LogP contribution in [-0.4, -0.2) is 158 Å². The van der Waals surface area contributed by atoms with E-state index < -0.39 is 6.04 Å². The van der Waals surface area contributed by atoms with E-state index in [4.69, 9.17) is 9.73 Å². The van der Waals surface area contributed by atoms with Crippen LogP contribution in [-0.2, 0) is 14.4 Å². The highest BCUT2D eigenvalue weighted by Gasteiger charge is 2.28. The van der Waals surface area contributed by atoms with Crippen LogP contribution in [0.25, 0.3) is 11.3 Å². The number of likely N-dealkylation sites (tertiary alicyclic amines) is 1. The van der Waals surface area contributed by atoms with E-state index in [9.17, 15) is 14.4 Å². The van der Waals surface area contributed by atoms with Gasteiger partial charge in [0, 0.05) is 76.8 Å². The first kappa shape index (κ1) is 48.2. The Morgan fingerprint density at radius 3 is 2.43 bits per heavy atom. The van der Waals surface area contributed by atoms with Gasteiger partial charge in [-0.2, -0.15) is 10.2 Å². The summed E-state index contributed by atoms with van der Waals surface area (Å²) in [6.45, 7) is 14.1. The van der Waals surface area contributed by atoms with Crippen molar-refractivity contribution < 1.29 is 19.1 Å². The predicted octanol–water partition coefficient (Wildman–Crippen LogP) is 3.61. The fourth-order valence-corrected chi connectivity index (χ4v) is 8.58. The Kier molecular flexibility index (Phi) is 20.4. The zero-order valence-corrected chi connectivity index (χ0v) is 37.4. The van der Waals surface area contributed by atoms with Gasteiger partial charge in [-0.05, 0) is 111 Å². The lowest BCUT2D eigenvalue weighted by Gasteiger charge is -2.36. The number of amides is 1. The molecule has 330 valence electrons. The van der Waals surface area contributed by atoms with Crippen molar-refractivity contribution in [3.63, 3.8) is 0 Å². The Bertz CT molecular complexity index is 1830. The van der Waals surface area contributed by atoms with E-state index in [0.717, 1.165) is 113 Å². The molecule has 0 saturated carbocycles. The summed E-state index contributed by atoms with van der Waals surface area (Å²) in [4.78, 5) is 50.4. The average molecular weight is 850 g/mol. The number of aldehydes is 2. The number of aromatic nitrogens is 4. The number of nitrogens with zero attached hydrogens (tertiary/aromatic N) is 10. The molecule has 60 heavy (non-hydrogen) atoms. The molecule has 1 amide bonds. The molecule has 2 aliphatic rings. The highest BCUT2D eigenvalue weighted by Crippen LogP contribution is 2.40. The van der Waals surface area contributed by atoms with E-state index in [-0.39, 0.29) is 6.10 Å². The summed E-state index contributed by atoms with van der Waals surface area (Å²) in [5, 5.41) is 17.4. The van der Waals surface area contributed by atoms with Crippen molar-refractivity contribution in [1.82, 2.24) is 44.0 Å². The van der Waals surface area contributed by atoms with Crippen molar-refractivity contribution in [3.8, 4) is 17.0 Å². The van der Waals surface area contributed by atoms with Gasteiger partial charge < -0.3 is 34.3 Å². The van der Waals surface area contributed by atoms with E-state index >= 15 is 0 Å². The average Bonchev–Trinajstić information content (AvgIpc) is 3.80. The van der Waals surface area contributed by atoms with Gasteiger partial charge in [-0.15, -0.1) is 0 Å². The third kappa shape index (κ3) is 13.8. The maximum absolute atomic E-state index is 12.0. The number of hydrogen-bond donors (Lipinski definition) is 3. The quantitative estimate of drug-likeness (QED) is 0.0762. The first-order chi connectivity index (χ1) is 29.1. The molecular weight excluding hydrogens is 783 g/mol. The Balaban J connectivity index is 0.00000257. The van der Waals surface area contributed by atoms with E-state index in [2.05, 4.69) is 64.3 Å². The van der Waals surface area contributed by atoms with E-state index in [1.807, 2.05) is 64.2 Å². The summed E-state index contributed by atoms with van der Waals surface area (Å²) in [5.74, 6) is 0.859. The van der Waals surface area contributed by atoms with Gasteiger partial charge in [0.2, 0.25) is 6.41 Å². The van der Waals surface area contributed by atoms with Gasteiger partial charge >= 0.3 is 0 Å². The molecule has 0 aliphatic carbocycles. The molecule has 5 rings (SSSR count). The van der Waals surface area contributed by atoms with Gasteiger partial charge in [0.25, 0.3) is 0 Å². The lowest BCUT2D eigenvalue weighted by Crippen LogP contribution is -2.41. The molecule has 2 aromatic heterocycles. The smallest absolute Gasteiger partial charge is 0.213 e. The Labute approximate surface area is 360 Å². The Morgan fingerprint density at radius 1 is 1.08 bits per heavy atom. The van der Waals surface area contributed by atoms with Gasteiger partial charge in [0.15, 0.2) is 11.2 Å². The van der Waals surface area contributed by atoms with Crippen molar-refractivity contribution >= 4 is 49.2 Å². The summed E-state index contributed by atoms with van der Waals surface area (Å²) in [6, 6.07) is 5.99. The van der Waals surface area contributed by atoms with Crippen LogP contribution >= 0.6 is 12.1 Å². The van der Waals surface area contributed by atoms with Crippen molar-refractivity contribution in [2.75, 3.05) is 91.0 Å². The minimum absolute atomic E-state index is 0.0837. The van der Waals surface area contributed by atoms with Crippen molar-refractivity contribution in [2.45, 2.75) is 82.9 Å². The second-order valence-corrected chi connectivity index (χ2v) is 16.8. The van der Waals surface area contributed by atoms with Crippen LogP contribution in [0.15, 0.2) is 47.0 Å². The number of para-hydroxylation sites is 1. The van der Waals surface area contributed by atoms with Crippen LogP contribution in [0.5, 0.6) is 5.75 Å². The van der Waals surface area contributed by atoms with Crippen molar-refractivity contribution in [3.05, 3.63) is 48.0 Å². The molecule has 3 aromatic rings. The SMILES string of the molecule is C=Nn1cnc(-c2cn[nH]c2)c(OC(C)C)/c1=N/CNC1CCN(SN(C)CCCN2CCC(c3cccc(N(C)C(C=O)CCC=O)c3N(C)C=O)CC2)CC1.CNC. The Morgan fingerprint density at radius 2 is 1.82 bits per heavy atom. The van der Waals surface area contributed by atoms with Crippen LogP contribution in [0.2, 0.25) is 0 Å². The highest BCUT2D eigenvalue weighted by molar-refractivity contribution is 7.94. The molecule has 0 bridgehead atoms. The van der Waals surface area contributed by atoms with E-state index in [0.29, 0.717) is 48.4 Å². The molecule has 2 saturated heterocycles. The molecule has 2 fully saturated rings. The van der Waals surface area contributed by atoms with E-state index in [1.54, 1.807) is 35.3 Å². The van der Waals surface area contributed by atoms with Crippen molar-refractivity contribution in [1.29, 1.82) is 0 Å². The molecule has 4 heterocycles. The minimum Gasteiger partial charge on any atom is -0.485 e. The number of nitrogens with one attached hydrogen (secondary N) is 3. The third-order valence-electron chi connectivity index (χ3n) is 10.7. The van der Waals surface area contributed by atoms with E-state index in [1.165, 1.54) is 0 Å². The minimum atomic E-state index is -0.441. The standard InChI is InChI=1S/C40H60N12O4S.C2H7N/c1-30(2)56-39-37(32-24-45-46-25-32)44-28-52(41-3)40(39)43-27-42-33-15-21-51(22-16-33)57-48(5)17-9-18-50-19-13-31(14-20-50)35-11-7-12-36(38(35)47(4)29-55)49(6)34(26-54)10-8-23-53;1-3-2/h7,11-12,23-26,28-31,33-34,42H,3,8-10,13-22,27H2,1-2,4-6H3,(H,45,46);3H,1-2H3/b43-40-;. The molecule has 1 unspecified atom stereocenters. The lowest BCUT2D eigenvalue weighted by atomic mass is 9.87. The molecule has 17 nitrogen and oxygen atoms in total. The fraction of sp³-hybridized carbons (Fsp3) is 0.595. The summed E-state index contributed by atoms with van der Waals surface area (Å²) in [6.07, 6.45) is 13.4. The van der Waals surface area contributed by atoms with Crippen LogP contribution in [0.4, 0.5) is 11.4 Å². The highest BCUT2D eigenvalue weighted by atomic mass is 32.2. The molecule has 1 atom stereocenters. The number of likely N-dealkylation sites (N-methyl/N-ethyl adjacent to an activating group) is 1. The zero-order chi connectivity index (χ0) is 43.4. The number of piperidine rings is 2. The largest absolute Gasteiger partial charge is 0.485 e. The number of H-pyrrole nitrogens is 1. The number of ether oxygens (including phenoxy) is 1. The van der Waals surface area contributed by atoms with Crippen LogP contribution in [0, 0.1) is 0 Å². The second kappa shape index (κ2) is 25.3. The summed E-state index contributed by atoms with van der Waals surface area (Å²) >= 11 is 1.83. The van der Waals surface area contributed by atoms with Crippen molar-refractivity contribution in [2.24, 2.45) is 10.1 Å². The number of carbonyl (C=O) groups excluding carboxylic acids is 3. The van der Waals surface area contributed by atoms with Crippen LogP contribution in [0.1, 0.15) is 70.3 Å². The van der Waals surface area contributed by atoms with Gasteiger partial charge in [-0.1, -0.05) is 12.1 Å². The predicted molar refractivity (Wildman–Crippen MR) is 241 cm³/mol. The number of hydrogen-bond acceptors (Lipinski definition) is 15. The maximum atomic E-state index is 12.0. The summed E-state index contributed by atoms with van der Waals surface area (Å²) < 4.78 is 12.5. The number of anilines is 2. The molecule has 1 aromatic carbocycles. The molecule has 18 heteroatoms. The molecule has 0 spiro atoms. The number of carbonyl (C=O) groups is 3. The topological polar surface area (TPSA) is 172 Å². The second-order valence-electron chi connectivity index (χ2n) is 15.5. The first-order valence-electron chi connectivity index (χ1n) is 20.9. The zero-order valence-electron chi connectivity index (χ0n) is 36.6. The van der Waals surface area contributed by atoms with Gasteiger partial charge in [0.05, 0.1) is 36.4 Å².